The molecule has 3 aliphatic carbocycles. The molecule has 4 rings (SSSR count). The highest BCUT2D eigenvalue weighted by atomic mass is 19.4. The first kappa shape index (κ1) is 32.5. The van der Waals surface area contributed by atoms with Crippen molar-refractivity contribution in [2.75, 3.05) is 20.6 Å². The number of ketones is 2. The van der Waals surface area contributed by atoms with Crippen LogP contribution in [0.15, 0.2) is 23.0 Å². The van der Waals surface area contributed by atoms with E-state index in [9.17, 15) is 48.0 Å². The molecule has 1 fully saturated rings. The van der Waals surface area contributed by atoms with E-state index < -0.39 is 98.7 Å². The largest absolute Gasteiger partial charge is 0.508 e. The molecule has 0 radical (unpaired) electrons. The molecule has 3 aliphatic rings. The maximum atomic E-state index is 14.8. The normalized spacial score (nSPS) is 26.7. The standard InChI is InChI=1S/C30H38F3N3O7/c1-7-36(13(4)12(2)3)11-15-10-18(37)20-16(22(15)30(31,32)33)8-14-9-17-23(35(5)6)25(39)21(28(34)42)27(41)29(17,43)26(40)19(14)24(20)38/h10,12-14,17,23,37-38,41,43H,7-9,11H2,1-6H3,(H2,34,42)/t13-,14-,17-,23-,29-/m0/s1. The van der Waals surface area contributed by atoms with Crippen molar-refractivity contribution in [2.45, 2.75) is 70.9 Å². The van der Waals surface area contributed by atoms with Crippen molar-refractivity contribution >= 4 is 23.2 Å². The molecule has 6 N–H and O–H groups in total. The van der Waals surface area contributed by atoms with E-state index in [0.29, 0.717) is 6.54 Å². The van der Waals surface area contributed by atoms with Crippen molar-refractivity contribution in [1.29, 1.82) is 0 Å². The number of carbonyl (C=O) groups is 3. The van der Waals surface area contributed by atoms with Crippen LogP contribution in [0.3, 0.4) is 0 Å². The number of Topliss-reactive ketones (excluding diaryl/α,β-unsaturated/α-hetero) is 2. The number of nitrogens with two attached hydrogens (primary N) is 1. The minimum absolute atomic E-state index is 0.0874. The Labute approximate surface area is 247 Å². The Hall–Kier alpha value is -3.42. The SMILES string of the molecule is CCN(Cc1cc(O)c2c(c1C(F)(F)F)C[C@H]1C[C@H]3[C@H](N(C)C)C(=O)C(C(N)=O)=C(O)[C@@]3(O)C(=O)C1=C2O)[C@@H](C)C(C)C. The lowest BCUT2D eigenvalue weighted by Crippen LogP contribution is -2.65. The van der Waals surface area contributed by atoms with Crippen molar-refractivity contribution in [3.63, 3.8) is 0 Å². The van der Waals surface area contributed by atoms with Crippen LogP contribution in [0.25, 0.3) is 5.76 Å². The zero-order chi connectivity index (χ0) is 32.5. The smallest absolute Gasteiger partial charge is 0.417 e. The van der Waals surface area contributed by atoms with E-state index in [2.05, 4.69) is 0 Å². The highest BCUT2D eigenvalue weighted by Gasteiger charge is 2.64. The summed E-state index contributed by atoms with van der Waals surface area (Å²) in [5.41, 5.74) is -1.26. The molecule has 5 atom stereocenters. The van der Waals surface area contributed by atoms with Crippen LogP contribution < -0.4 is 5.73 Å². The number of hydrogen-bond donors (Lipinski definition) is 5. The van der Waals surface area contributed by atoms with Crippen LogP contribution in [0.1, 0.15) is 56.4 Å². The molecule has 0 aromatic heterocycles. The fourth-order valence-electron chi connectivity index (χ4n) is 7.05. The van der Waals surface area contributed by atoms with Crippen LogP contribution in [-0.2, 0) is 33.5 Å². The third-order valence-electron chi connectivity index (χ3n) is 9.41. The molecular weight excluding hydrogens is 571 g/mol. The van der Waals surface area contributed by atoms with E-state index in [1.54, 1.807) is 0 Å². The van der Waals surface area contributed by atoms with Gasteiger partial charge in [0.2, 0.25) is 5.78 Å². The molecule has 0 spiro atoms. The van der Waals surface area contributed by atoms with Gasteiger partial charge in [-0.15, -0.1) is 0 Å². The Kier molecular flexibility index (Phi) is 8.26. The van der Waals surface area contributed by atoms with Crippen molar-refractivity contribution in [1.82, 2.24) is 9.80 Å². The Bertz CT molecular complexity index is 1450. The van der Waals surface area contributed by atoms with Gasteiger partial charge in [-0.2, -0.15) is 13.2 Å². The molecule has 1 saturated carbocycles. The summed E-state index contributed by atoms with van der Waals surface area (Å²) >= 11 is 0. The fraction of sp³-hybridized carbons (Fsp3) is 0.567. The van der Waals surface area contributed by atoms with Gasteiger partial charge in [0, 0.05) is 24.1 Å². The molecular formula is C30H38F3N3O7. The average Bonchev–Trinajstić information content (AvgIpc) is 2.87. The molecule has 1 aromatic rings. The Balaban J connectivity index is 1.97. The molecule has 0 unspecified atom stereocenters. The third kappa shape index (κ3) is 4.91. The number of carbonyl (C=O) groups excluding carboxylic acids is 3. The summed E-state index contributed by atoms with van der Waals surface area (Å²) < 4.78 is 44.4. The van der Waals surface area contributed by atoms with Gasteiger partial charge in [0.1, 0.15) is 22.8 Å². The number of alkyl halides is 3. The number of primary amides is 1. The molecule has 0 heterocycles. The minimum atomic E-state index is -4.89. The third-order valence-corrected chi connectivity index (χ3v) is 9.41. The molecule has 0 saturated heterocycles. The Morgan fingerprint density at radius 1 is 1.16 bits per heavy atom. The highest BCUT2D eigenvalue weighted by Crippen LogP contribution is 2.54. The van der Waals surface area contributed by atoms with Gasteiger partial charge in [-0.25, -0.2) is 0 Å². The van der Waals surface area contributed by atoms with Gasteiger partial charge >= 0.3 is 6.18 Å². The molecule has 1 aromatic carbocycles. The van der Waals surface area contributed by atoms with Crippen LogP contribution in [0, 0.1) is 17.8 Å². The molecule has 10 nitrogen and oxygen atoms in total. The number of nitrogens with zero attached hydrogens (tertiary/aromatic N) is 2. The summed E-state index contributed by atoms with van der Waals surface area (Å²) in [5, 5.41) is 44.9. The first-order valence-electron chi connectivity index (χ1n) is 14.1. The lowest BCUT2D eigenvalue weighted by molar-refractivity contribution is -0.153. The van der Waals surface area contributed by atoms with Gasteiger partial charge in [-0.1, -0.05) is 20.8 Å². The summed E-state index contributed by atoms with van der Waals surface area (Å²) in [6, 6.07) is -0.492. The van der Waals surface area contributed by atoms with E-state index >= 15 is 0 Å². The number of likely N-dealkylation sites (N-methyl/N-ethyl adjacent to an activating group) is 1. The van der Waals surface area contributed by atoms with Gasteiger partial charge in [-0.05, 0) is 69.4 Å². The second kappa shape index (κ2) is 10.9. The number of benzene rings is 1. The van der Waals surface area contributed by atoms with Crippen LogP contribution in [-0.4, -0.2) is 86.0 Å². The van der Waals surface area contributed by atoms with Crippen LogP contribution in [0.2, 0.25) is 0 Å². The first-order chi connectivity index (χ1) is 19.8. The fourth-order valence-corrected chi connectivity index (χ4v) is 7.05. The highest BCUT2D eigenvalue weighted by molar-refractivity contribution is 6.24. The topological polar surface area (TPSA) is 165 Å². The Morgan fingerprint density at radius 3 is 2.26 bits per heavy atom. The number of aliphatic hydroxyl groups is 3. The van der Waals surface area contributed by atoms with Gasteiger partial charge in [0.15, 0.2) is 11.4 Å². The number of fused-ring (bicyclic) bond motifs is 3. The van der Waals surface area contributed by atoms with E-state index in [1.807, 2.05) is 32.6 Å². The lowest BCUT2D eigenvalue weighted by atomic mass is 9.57. The van der Waals surface area contributed by atoms with Crippen molar-refractivity contribution in [3.8, 4) is 5.75 Å². The number of phenols is 1. The molecule has 13 heteroatoms. The Morgan fingerprint density at radius 2 is 1.77 bits per heavy atom. The summed E-state index contributed by atoms with van der Waals surface area (Å²) in [6.07, 6.45) is -5.65. The summed E-state index contributed by atoms with van der Waals surface area (Å²) in [4.78, 5) is 42.4. The summed E-state index contributed by atoms with van der Waals surface area (Å²) in [5.74, 6) is -8.89. The molecule has 1 amide bonds. The second-order valence-electron chi connectivity index (χ2n) is 12.3. The molecule has 236 valence electrons. The number of halogens is 3. The van der Waals surface area contributed by atoms with E-state index in [1.165, 1.54) is 19.0 Å². The number of aliphatic hydroxyl groups excluding tert-OH is 2. The van der Waals surface area contributed by atoms with Crippen molar-refractivity contribution in [2.24, 2.45) is 23.5 Å². The van der Waals surface area contributed by atoms with Crippen molar-refractivity contribution < 1.29 is 48.0 Å². The molecule has 0 bridgehead atoms. The van der Waals surface area contributed by atoms with E-state index in [-0.39, 0.29) is 30.5 Å². The summed E-state index contributed by atoms with van der Waals surface area (Å²) in [7, 11) is 2.88. The quantitative estimate of drug-likeness (QED) is 0.293. The zero-order valence-corrected chi connectivity index (χ0v) is 24.9. The van der Waals surface area contributed by atoms with Gasteiger partial charge in [0.05, 0.1) is 17.2 Å². The zero-order valence-electron chi connectivity index (χ0n) is 24.9. The van der Waals surface area contributed by atoms with E-state index in [4.69, 9.17) is 5.73 Å². The summed E-state index contributed by atoms with van der Waals surface area (Å²) in [6.45, 7) is 7.91. The number of aromatic hydroxyl groups is 1. The van der Waals surface area contributed by atoms with Crippen LogP contribution in [0.5, 0.6) is 5.75 Å². The number of amides is 1. The molecule has 43 heavy (non-hydrogen) atoms. The minimum Gasteiger partial charge on any atom is -0.508 e. The molecule has 0 aliphatic heterocycles. The van der Waals surface area contributed by atoms with Crippen LogP contribution in [0.4, 0.5) is 13.2 Å². The second-order valence-corrected chi connectivity index (χ2v) is 12.3. The van der Waals surface area contributed by atoms with Gasteiger partial charge in [-0.3, -0.25) is 24.2 Å². The number of phenolic OH excluding ortho intramolecular Hbond substituents is 1. The first-order valence-corrected chi connectivity index (χ1v) is 14.1. The lowest BCUT2D eigenvalue weighted by Gasteiger charge is -2.50. The van der Waals surface area contributed by atoms with Gasteiger partial charge in [0.25, 0.3) is 5.91 Å². The van der Waals surface area contributed by atoms with Crippen LogP contribution >= 0.6 is 0 Å². The predicted octanol–water partition coefficient (Wildman–Crippen LogP) is 2.85. The van der Waals surface area contributed by atoms with Gasteiger partial charge < -0.3 is 26.2 Å². The average molecular weight is 610 g/mol. The number of hydrogen-bond acceptors (Lipinski definition) is 9. The van der Waals surface area contributed by atoms with Crippen molar-refractivity contribution in [3.05, 3.63) is 45.2 Å². The maximum absolute atomic E-state index is 14.8. The maximum Gasteiger partial charge on any atom is 0.417 e. The monoisotopic (exact) mass is 609 g/mol. The number of rotatable bonds is 7. The van der Waals surface area contributed by atoms with E-state index in [0.717, 1.165) is 6.07 Å². The predicted molar refractivity (Wildman–Crippen MR) is 150 cm³/mol.